The van der Waals surface area contributed by atoms with Crippen molar-refractivity contribution in [1.82, 2.24) is 19.1 Å². The molecular weight excluding hydrogens is 280 g/mol. The van der Waals surface area contributed by atoms with Crippen molar-refractivity contribution in [3.05, 3.63) is 35.9 Å². The van der Waals surface area contributed by atoms with Crippen molar-refractivity contribution in [2.24, 2.45) is 7.05 Å². The van der Waals surface area contributed by atoms with Crippen LogP contribution in [0.1, 0.15) is 11.3 Å². The van der Waals surface area contributed by atoms with Gasteiger partial charge in [-0.3, -0.25) is 4.68 Å². The molecule has 0 spiro atoms. The molecule has 0 aromatic carbocycles. The lowest BCUT2D eigenvalue weighted by molar-refractivity contribution is 0.272. The van der Waals surface area contributed by atoms with Crippen LogP contribution in [0.2, 0.25) is 0 Å². The summed E-state index contributed by atoms with van der Waals surface area (Å²) in [4.78, 5) is 0.153. The van der Waals surface area contributed by atoms with Crippen molar-refractivity contribution in [1.29, 1.82) is 0 Å². The van der Waals surface area contributed by atoms with Crippen molar-refractivity contribution >= 4 is 10.0 Å². The summed E-state index contributed by atoms with van der Waals surface area (Å²) in [6.07, 6.45) is 5.05. The average Bonchev–Trinajstić information content (AvgIpc) is 2.95. The van der Waals surface area contributed by atoms with E-state index in [1.165, 1.54) is 12.3 Å². The van der Waals surface area contributed by atoms with Crippen LogP contribution in [0, 0.1) is 6.92 Å². The van der Waals surface area contributed by atoms with Crippen LogP contribution >= 0.6 is 0 Å². The third-order valence-corrected chi connectivity index (χ3v) is 4.38. The molecule has 0 aliphatic carbocycles. The first-order valence-electron chi connectivity index (χ1n) is 6.17. The Morgan fingerprint density at radius 2 is 2.15 bits per heavy atom. The summed E-state index contributed by atoms with van der Waals surface area (Å²) in [5, 5.41) is 13.2. The number of rotatable bonds is 6. The van der Waals surface area contributed by atoms with Gasteiger partial charge in [0.2, 0.25) is 10.0 Å². The van der Waals surface area contributed by atoms with Gasteiger partial charge in [0.1, 0.15) is 0 Å². The van der Waals surface area contributed by atoms with Gasteiger partial charge in [-0.2, -0.15) is 5.10 Å². The molecule has 2 aromatic heterocycles. The first-order chi connectivity index (χ1) is 9.42. The number of hydrogen-bond acceptors (Lipinski definition) is 4. The maximum atomic E-state index is 12.1. The summed E-state index contributed by atoms with van der Waals surface area (Å²) in [7, 11) is -1.87. The second kappa shape index (κ2) is 5.78. The topological polar surface area (TPSA) is 89.2 Å². The number of nitrogens with one attached hydrogen (secondary N) is 1. The highest BCUT2D eigenvalue weighted by Crippen LogP contribution is 2.13. The molecule has 0 atom stereocenters. The highest BCUT2D eigenvalue weighted by molar-refractivity contribution is 7.89. The Hall–Kier alpha value is -1.64. The highest BCUT2D eigenvalue weighted by Gasteiger charge is 2.16. The SMILES string of the molecule is Cc1cnn(CCNS(=O)(=O)c2cc(CO)n(C)c2)c1. The third kappa shape index (κ3) is 3.27. The van der Waals surface area contributed by atoms with Gasteiger partial charge in [-0.1, -0.05) is 0 Å². The van der Waals surface area contributed by atoms with Gasteiger partial charge in [0.05, 0.1) is 24.2 Å². The quantitative estimate of drug-likeness (QED) is 0.785. The van der Waals surface area contributed by atoms with Crippen LogP contribution < -0.4 is 4.72 Å². The summed E-state index contributed by atoms with van der Waals surface area (Å²) >= 11 is 0. The van der Waals surface area contributed by atoms with Gasteiger partial charge >= 0.3 is 0 Å². The first-order valence-corrected chi connectivity index (χ1v) is 7.65. The Morgan fingerprint density at radius 3 is 2.70 bits per heavy atom. The van der Waals surface area contributed by atoms with E-state index >= 15 is 0 Å². The summed E-state index contributed by atoms with van der Waals surface area (Å²) in [6.45, 7) is 2.45. The van der Waals surface area contributed by atoms with Crippen LogP contribution in [0.5, 0.6) is 0 Å². The molecule has 0 aliphatic heterocycles. The molecule has 0 bridgehead atoms. The molecule has 2 rings (SSSR count). The number of aliphatic hydroxyl groups is 1. The standard InChI is InChI=1S/C12H18N4O3S/c1-10-6-13-16(7-10)4-3-14-20(18,19)12-5-11(9-17)15(2)8-12/h5-8,14,17H,3-4,9H2,1-2H3. The van der Waals surface area contributed by atoms with E-state index in [1.54, 1.807) is 22.5 Å². The minimum absolute atomic E-state index is 0.153. The molecule has 0 amide bonds. The van der Waals surface area contributed by atoms with Crippen molar-refractivity contribution in [3.63, 3.8) is 0 Å². The van der Waals surface area contributed by atoms with Crippen molar-refractivity contribution in [3.8, 4) is 0 Å². The second-order valence-corrected chi connectivity index (χ2v) is 6.38. The minimum atomic E-state index is -3.56. The third-order valence-electron chi connectivity index (χ3n) is 2.95. The Labute approximate surface area is 117 Å². The summed E-state index contributed by atoms with van der Waals surface area (Å²) in [6, 6.07) is 1.46. The average molecular weight is 298 g/mol. The predicted octanol–water partition coefficient (Wildman–Crippen LogP) is 0.000820. The first kappa shape index (κ1) is 14.8. The van der Waals surface area contributed by atoms with Crippen LogP contribution in [-0.4, -0.2) is 34.4 Å². The van der Waals surface area contributed by atoms with Crippen LogP contribution in [0.15, 0.2) is 29.6 Å². The van der Waals surface area contributed by atoms with E-state index < -0.39 is 10.0 Å². The molecular formula is C12H18N4O3S. The van der Waals surface area contributed by atoms with Gasteiger partial charge in [-0.05, 0) is 18.6 Å². The van der Waals surface area contributed by atoms with E-state index in [2.05, 4.69) is 9.82 Å². The molecule has 0 saturated carbocycles. The van der Waals surface area contributed by atoms with E-state index in [0.29, 0.717) is 12.2 Å². The Kier molecular flexibility index (Phi) is 4.26. The Bertz CT molecular complexity index is 687. The normalized spacial score (nSPS) is 11.9. The lowest BCUT2D eigenvalue weighted by Gasteiger charge is -2.05. The lowest BCUT2D eigenvalue weighted by Crippen LogP contribution is -2.27. The van der Waals surface area contributed by atoms with Crippen LogP contribution in [0.3, 0.4) is 0 Å². The highest BCUT2D eigenvalue weighted by atomic mass is 32.2. The van der Waals surface area contributed by atoms with Gasteiger partial charge in [-0.25, -0.2) is 13.1 Å². The number of aromatic nitrogens is 3. The maximum absolute atomic E-state index is 12.1. The fourth-order valence-electron chi connectivity index (χ4n) is 1.85. The van der Waals surface area contributed by atoms with Crippen LogP contribution in [0.4, 0.5) is 0 Å². The van der Waals surface area contributed by atoms with Gasteiger partial charge in [0.25, 0.3) is 0 Å². The molecule has 0 radical (unpaired) electrons. The fraction of sp³-hybridized carbons (Fsp3) is 0.417. The zero-order chi connectivity index (χ0) is 14.8. The summed E-state index contributed by atoms with van der Waals surface area (Å²) < 4.78 is 29.9. The molecule has 20 heavy (non-hydrogen) atoms. The minimum Gasteiger partial charge on any atom is -0.390 e. The molecule has 7 nitrogen and oxygen atoms in total. The van der Waals surface area contributed by atoms with E-state index in [-0.39, 0.29) is 18.0 Å². The van der Waals surface area contributed by atoms with Crippen LogP contribution in [-0.2, 0) is 30.2 Å². The number of sulfonamides is 1. The van der Waals surface area contributed by atoms with Crippen LogP contribution in [0.25, 0.3) is 0 Å². The molecule has 2 heterocycles. The van der Waals surface area contributed by atoms with E-state index in [1.807, 2.05) is 13.1 Å². The molecule has 8 heteroatoms. The molecule has 0 fully saturated rings. The van der Waals surface area contributed by atoms with Crippen molar-refractivity contribution in [2.45, 2.75) is 25.0 Å². The maximum Gasteiger partial charge on any atom is 0.242 e. The van der Waals surface area contributed by atoms with Gasteiger partial charge in [-0.15, -0.1) is 0 Å². The number of aliphatic hydroxyl groups excluding tert-OH is 1. The Balaban J connectivity index is 2.00. The molecule has 0 aliphatic rings. The second-order valence-electron chi connectivity index (χ2n) is 4.61. The summed E-state index contributed by atoms with van der Waals surface area (Å²) in [5.74, 6) is 0. The number of hydrogen-bond donors (Lipinski definition) is 2. The fourth-order valence-corrected chi connectivity index (χ4v) is 2.96. The van der Waals surface area contributed by atoms with Gasteiger partial charge in [0.15, 0.2) is 0 Å². The lowest BCUT2D eigenvalue weighted by atomic mass is 10.4. The molecule has 0 unspecified atom stereocenters. The monoisotopic (exact) mass is 298 g/mol. The molecule has 0 saturated heterocycles. The molecule has 110 valence electrons. The number of aryl methyl sites for hydroxylation is 2. The van der Waals surface area contributed by atoms with Gasteiger partial charge in [0, 0.05) is 31.7 Å². The zero-order valence-corrected chi connectivity index (χ0v) is 12.3. The predicted molar refractivity (Wildman–Crippen MR) is 73.5 cm³/mol. The summed E-state index contributed by atoms with van der Waals surface area (Å²) in [5.41, 5.74) is 1.58. The van der Waals surface area contributed by atoms with E-state index in [4.69, 9.17) is 5.11 Å². The van der Waals surface area contributed by atoms with Gasteiger partial charge < -0.3 is 9.67 Å². The van der Waals surface area contributed by atoms with E-state index in [0.717, 1.165) is 5.56 Å². The zero-order valence-electron chi connectivity index (χ0n) is 11.4. The van der Waals surface area contributed by atoms with Crippen molar-refractivity contribution < 1.29 is 13.5 Å². The van der Waals surface area contributed by atoms with Crippen molar-refractivity contribution in [2.75, 3.05) is 6.54 Å². The number of nitrogens with zero attached hydrogens (tertiary/aromatic N) is 3. The molecule has 2 N–H and O–H groups in total. The largest absolute Gasteiger partial charge is 0.390 e. The Morgan fingerprint density at radius 1 is 1.40 bits per heavy atom. The smallest absolute Gasteiger partial charge is 0.242 e. The molecule has 2 aromatic rings. The van der Waals surface area contributed by atoms with E-state index in [9.17, 15) is 8.42 Å².